The van der Waals surface area contributed by atoms with Gasteiger partial charge in [0.25, 0.3) is 5.56 Å². The SMILES string of the molecule is CCOC(Cn1cc(C#CCN)c(=O)[nH]c1=O)OCC. The Morgan fingerprint density at radius 2 is 2.00 bits per heavy atom. The van der Waals surface area contributed by atoms with E-state index in [-0.39, 0.29) is 18.7 Å². The number of nitrogens with two attached hydrogens (primary N) is 1. The molecule has 0 radical (unpaired) electrons. The summed E-state index contributed by atoms with van der Waals surface area (Å²) in [6.07, 6.45) is 0.832. The summed E-state index contributed by atoms with van der Waals surface area (Å²) in [5, 5.41) is 0. The number of nitrogens with zero attached hydrogens (tertiary/aromatic N) is 1. The Morgan fingerprint density at radius 1 is 1.35 bits per heavy atom. The third-order valence-electron chi connectivity index (χ3n) is 2.39. The van der Waals surface area contributed by atoms with Gasteiger partial charge in [-0.05, 0) is 13.8 Å². The number of nitrogens with one attached hydrogen (secondary N) is 1. The number of ether oxygens (including phenoxy) is 2. The first-order valence-electron chi connectivity index (χ1n) is 6.38. The van der Waals surface area contributed by atoms with Gasteiger partial charge in [0.15, 0.2) is 6.29 Å². The van der Waals surface area contributed by atoms with E-state index < -0.39 is 17.5 Å². The molecule has 0 aliphatic rings. The van der Waals surface area contributed by atoms with Crippen LogP contribution >= 0.6 is 0 Å². The van der Waals surface area contributed by atoms with Crippen molar-refractivity contribution in [2.24, 2.45) is 5.73 Å². The van der Waals surface area contributed by atoms with Gasteiger partial charge in [0.2, 0.25) is 0 Å². The first-order chi connectivity index (χ1) is 9.62. The van der Waals surface area contributed by atoms with Crippen LogP contribution in [0.1, 0.15) is 19.4 Å². The van der Waals surface area contributed by atoms with Crippen LogP contribution in [0.25, 0.3) is 0 Å². The van der Waals surface area contributed by atoms with Crippen LogP contribution in [-0.4, -0.2) is 35.6 Å². The van der Waals surface area contributed by atoms with Gasteiger partial charge in [0.05, 0.1) is 13.1 Å². The topological polar surface area (TPSA) is 99.3 Å². The van der Waals surface area contributed by atoms with Crippen molar-refractivity contribution in [3.05, 3.63) is 32.6 Å². The smallest absolute Gasteiger partial charge is 0.328 e. The zero-order chi connectivity index (χ0) is 15.0. The van der Waals surface area contributed by atoms with Crippen LogP contribution in [0.2, 0.25) is 0 Å². The van der Waals surface area contributed by atoms with E-state index in [2.05, 4.69) is 16.8 Å². The van der Waals surface area contributed by atoms with E-state index in [9.17, 15) is 9.59 Å². The first-order valence-corrected chi connectivity index (χ1v) is 6.38. The average Bonchev–Trinajstić information content (AvgIpc) is 2.41. The Morgan fingerprint density at radius 3 is 2.55 bits per heavy atom. The zero-order valence-electron chi connectivity index (χ0n) is 11.6. The van der Waals surface area contributed by atoms with Crippen LogP contribution in [0, 0.1) is 11.8 Å². The molecule has 0 amide bonds. The monoisotopic (exact) mass is 281 g/mol. The van der Waals surface area contributed by atoms with Crippen LogP contribution in [-0.2, 0) is 16.0 Å². The molecule has 110 valence electrons. The van der Waals surface area contributed by atoms with Crippen LogP contribution < -0.4 is 17.0 Å². The number of aromatic nitrogens is 2. The largest absolute Gasteiger partial charge is 0.351 e. The minimum atomic E-state index is -0.552. The molecule has 1 heterocycles. The highest BCUT2D eigenvalue weighted by Crippen LogP contribution is 1.98. The quantitative estimate of drug-likeness (QED) is 0.528. The molecule has 0 aliphatic carbocycles. The van der Waals surface area contributed by atoms with Crippen molar-refractivity contribution in [1.29, 1.82) is 0 Å². The first kappa shape index (κ1) is 16.2. The summed E-state index contributed by atoms with van der Waals surface area (Å²) in [7, 11) is 0. The lowest BCUT2D eigenvalue weighted by Gasteiger charge is -2.17. The van der Waals surface area contributed by atoms with Crippen molar-refractivity contribution in [3.63, 3.8) is 0 Å². The van der Waals surface area contributed by atoms with E-state index in [4.69, 9.17) is 15.2 Å². The molecule has 0 saturated carbocycles. The van der Waals surface area contributed by atoms with Crippen LogP contribution in [0.5, 0.6) is 0 Å². The van der Waals surface area contributed by atoms with Crippen molar-refractivity contribution < 1.29 is 9.47 Å². The zero-order valence-corrected chi connectivity index (χ0v) is 11.6. The molecule has 0 aromatic carbocycles. The van der Waals surface area contributed by atoms with Gasteiger partial charge in [-0.25, -0.2) is 4.79 Å². The molecule has 0 bridgehead atoms. The van der Waals surface area contributed by atoms with Crippen LogP contribution in [0.3, 0.4) is 0 Å². The fourth-order valence-corrected chi connectivity index (χ4v) is 1.57. The molecule has 0 atom stereocenters. The lowest BCUT2D eigenvalue weighted by molar-refractivity contribution is -0.144. The van der Waals surface area contributed by atoms with E-state index in [0.29, 0.717) is 13.2 Å². The van der Waals surface area contributed by atoms with E-state index in [1.165, 1.54) is 10.8 Å². The van der Waals surface area contributed by atoms with Crippen molar-refractivity contribution in [2.45, 2.75) is 26.7 Å². The second-order valence-electron chi connectivity index (χ2n) is 3.80. The highest BCUT2D eigenvalue weighted by Gasteiger charge is 2.11. The third-order valence-corrected chi connectivity index (χ3v) is 2.39. The van der Waals surface area contributed by atoms with Crippen LogP contribution in [0.15, 0.2) is 15.8 Å². The number of hydrogen-bond donors (Lipinski definition) is 2. The van der Waals surface area contributed by atoms with E-state index in [0.717, 1.165) is 0 Å². The number of rotatable bonds is 6. The van der Waals surface area contributed by atoms with Gasteiger partial charge < -0.3 is 15.2 Å². The van der Waals surface area contributed by atoms with Gasteiger partial charge in [-0.3, -0.25) is 14.3 Å². The number of hydrogen-bond acceptors (Lipinski definition) is 5. The highest BCUT2D eigenvalue weighted by molar-refractivity contribution is 5.29. The van der Waals surface area contributed by atoms with Gasteiger partial charge in [0, 0.05) is 19.4 Å². The van der Waals surface area contributed by atoms with Crippen molar-refractivity contribution in [1.82, 2.24) is 9.55 Å². The van der Waals surface area contributed by atoms with Gasteiger partial charge in [0.1, 0.15) is 5.56 Å². The van der Waals surface area contributed by atoms with E-state index in [1.54, 1.807) is 0 Å². The number of aromatic amines is 1. The summed E-state index contributed by atoms with van der Waals surface area (Å²) < 4.78 is 12.0. The molecule has 0 aliphatic heterocycles. The molecule has 1 rings (SSSR count). The van der Waals surface area contributed by atoms with E-state index in [1.807, 2.05) is 13.8 Å². The molecular weight excluding hydrogens is 262 g/mol. The molecule has 3 N–H and O–H groups in total. The van der Waals surface area contributed by atoms with E-state index >= 15 is 0 Å². The summed E-state index contributed by atoms with van der Waals surface area (Å²) >= 11 is 0. The molecular formula is C13H19N3O4. The summed E-state index contributed by atoms with van der Waals surface area (Å²) in [5.41, 5.74) is 4.38. The maximum Gasteiger partial charge on any atom is 0.328 e. The summed E-state index contributed by atoms with van der Waals surface area (Å²) in [5.74, 6) is 5.19. The van der Waals surface area contributed by atoms with Gasteiger partial charge >= 0.3 is 5.69 Å². The molecule has 1 aromatic heterocycles. The standard InChI is InChI=1S/C13H19N3O4/c1-3-19-11(20-4-2)9-16-8-10(6-5-7-14)12(17)15-13(16)18/h8,11H,3-4,7,9,14H2,1-2H3,(H,15,17,18). The Kier molecular flexibility index (Phi) is 6.73. The molecule has 0 fully saturated rings. The van der Waals surface area contributed by atoms with Crippen molar-refractivity contribution in [2.75, 3.05) is 19.8 Å². The number of H-pyrrole nitrogens is 1. The summed E-state index contributed by atoms with van der Waals surface area (Å²) in [6.45, 7) is 4.90. The minimum absolute atomic E-state index is 0.138. The van der Waals surface area contributed by atoms with Crippen molar-refractivity contribution in [3.8, 4) is 11.8 Å². The van der Waals surface area contributed by atoms with Crippen LogP contribution in [0.4, 0.5) is 0 Å². The molecule has 0 unspecified atom stereocenters. The van der Waals surface area contributed by atoms with Gasteiger partial charge in [-0.1, -0.05) is 11.8 Å². The fraction of sp³-hybridized carbons (Fsp3) is 0.538. The predicted octanol–water partition coefficient (Wildman–Crippen LogP) is -0.754. The summed E-state index contributed by atoms with van der Waals surface area (Å²) in [4.78, 5) is 25.5. The maximum absolute atomic E-state index is 11.7. The minimum Gasteiger partial charge on any atom is -0.351 e. The Balaban J connectivity index is 3.04. The normalized spacial score (nSPS) is 10.4. The Labute approximate surface area is 116 Å². The molecule has 0 spiro atoms. The Bertz CT molecular complexity index is 588. The Hall–Kier alpha value is -1.88. The molecule has 20 heavy (non-hydrogen) atoms. The fourth-order valence-electron chi connectivity index (χ4n) is 1.57. The molecule has 1 aromatic rings. The van der Waals surface area contributed by atoms with Crippen molar-refractivity contribution >= 4 is 0 Å². The lowest BCUT2D eigenvalue weighted by Crippen LogP contribution is -2.35. The third kappa shape index (κ3) is 4.66. The summed E-state index contributed by atoms with van der Waals surface area (Å²) in [6, 6.07) is 0. The van der Waals surface area contributed by atoms with Gasteiger partial charge in [-0.15, -0.1) is 0 Å². The second kappa shape index (κ2) is 8.32. The lowest BCUT2D eigenvalue weighted by atomic mass is 10.3. The second-order valence-corrected chi connectivity index (χ2v) is 3.80. The predicted molar refractivity (Wildman–Crippen MR) is 74.3 cm³/mol. The average molecular weight is 281 g/mol. The molecule has 7 nitrogen and oxygen atoms in total. The highest BCUT2D eigenvalue weighted by atomic mass is 16.7. The molecule has 7 heteroatoms. The van der Waals surface area contributed by atoms with Gasteiger partial charge in [-0.2, -0.15) is 0 Å². The maximum atomic E-state index is 11.7. The molecule has 0 saturated heterocycles.